The van der Waals surface area contributed by atoms with Crippen LogP contribution in [0.3, 0.4) is 0 Å². The van der Waals surface area contributed by atoms with Crippen molar-refractivity contribution in [3.8, 4) is 11.3 Å². The zero-order valence-corrected chi connectivity index (χ0v) is 13.2. The highest BCUT2D eigenvalue weighted by molar-refractivity contribution is 9.11. The molecule has 96 valence electrons. The SMILES string of the molecule is O=C1c2ccccc2-c2ncnc3c(Br)cc(Br)c1c23. The highest BCUT2D eigenvalue weighted by Gasteiger charge is 2.29. The predicted octanol–water partition coefficient (Wildman–Crippen LogP) is 4.37. The van der Waals surface area contributed by atoms with E-state index in [-0.39, 0.29) is 5.78 Å². The van der Waals surface area contributed by atoms with E-state index in [4.69, 9.17) is 0 Å². The zero-order chi connectivity index (χ0) is 13.9. The average molecular weight is 390 g/mol. The summed E-state index contributed by atoms with van der Waals surface area (Å²) in [5, 5.41) is 0.803. The summed E-state index contributed by atoms with van der Waals surface area (Å²) in [5.74, 6) is 0.00674. The summed E-state index contributed by atoms with van der Waals surface area (Å²) in [6, 6.07) is 9.40. The quantitative estimate of drug-likeness (QED) is 0.448. The maximum absolute atomic E-state index is 12.7. The normalized spacial score (nSPS) is 12.6. The molecule has 0 N–H and O–H groups in total. The van der Waals surface area contributed by atoms with E-state index in [2.05, 4.69) is 41.8 Å². The van der Waals surface area contributed by atoms with Crippen molar-refractivity contribution in [3.05, 3.63) is 56.7 Å². The summed E-state index contributed by atoms with van der Waals surface area (Å²) in [5.41, 5.74) is 3.75. The zero-order valence-electron chi connectivity index (χ0n) is 10.0. The molecule has 0 saturated carbocycles. The summed E-state index contributed by atoms with van der Waals surface area (Å²) in [6.45, 7) is 0. The lowest BCUT2D eigenvalue weighted by Crippen LogP contribution is -2.12. The van der Waals surface area contributed by atoms with Gasteiger partial charge in [0.15, 0.2) is 5.78 Å². The first-order chi connectivity index (χ1) is 9.68. The van der Waals surface area contributed by atoms with Gasteiger partial charge in [-0.05, 0) is 37.9 Å². The molecule has 0 saturated heterocycles. The number of carbonyl (C=O) groups excluding carboxylic acids is 1. The second-order valence-corrected chi connectivity index (χ2v) is 6.24. The first-order valence-electron chi connectivity index (χ1n) is 5.95. The Kier molecular flexibility index (Phi) is 2.56. The third-order valence-electron chi connectivity index (χ3n) is 3.47. The van der Waals surface area contributed by atoms with Crippen molar-refractivity contribution in [2.24, 2.45) is 0 Å². The van der Waals surface area contributed by atoms with Gasteiger partial charge in [-0.25, -0.2) is 9.97 Å². The van der Waals surface area contributed by atoms with Crippen LogP contribution in [0.15, 0.2) is 45.6 Å². The summed E-state index contributed by atoms with van der Waals surface area (Å²) in [6.07, 6.45) is 1.53. The standard InChI is InChI=1S/C15H6Br2N2O/c16-9-5-10(17)14-12-11(9)15(20)8-4-2-1-3-7(8)13(12)18-6-19-14/h1-6H. The monoisotopic (exact) mass is 388 g/mol. The van der Waals surface area contributed by atoms with Crippen molar-refractivity contribution in [2.45, 2.75) is 0 Å². The fourth-order valence-corrected chi connectivity index (χ4v) is 4.07. The molecule has 0 atom stereocenters. The molecule has 1 aliphatic rings. The largest absolute Gasteiger partial charge is 0.289 e. The number of benzene rings is 2. The lowest BCUT2D eigenvalue weighted by atomic mass is 9.87. The van der Waals surface area contributed by atoms with Crippen molar-refractivity contribution in [3.63, 3.8) is 0 Å². The third-order valence-corrected chi connectivity index (χ3v) is 4.70. The number of rotatable bonds is 0. The maximum atomic E-state index is 12.7. The molecular weight excluding hydrogens is 384 g/mol. The van der Waals surface area contributed by atoms with Crippen LogP contribution in [0.25, 0.3) is 22.2 Å². The fraction of sp³-hybridized carbons (Fsp3) is 0. The molecule has 1 aliphatic carbocycles. The molecule has 5 heteroatoms. The molecule has 0 amide bonds. The van der Waals surface area contributed by atoms with E-state index in [0.717, 1.165) is 31.1 Å². The Bertz CT molecular complexity index is 906. The van der Waals surface area contributed by atoms with Crippen LogP contribution in [0, 0.1) is 0 Å². The molecule has 3 nitrogen and oxygen atoms in total. The molecule has 20 heavy (non-hydrogen) atoms. The van der Waals surface area contributed by atoms with E-state index in [1.165, 1.54) is 6.33 Å². The van der Waals surface area contributed by atoms with Gasteiger partial charge in [0.25, 0.3) is 0 Å². The van der Waals surface area contributed by atoms with Crippen molar-refractivity contribution in [1.29, 1.82) is 0 Å². The summed E-state index contributed by atoms with van der Waals surface area (Å²) >= 11 is 6.98. The first kappa shape index (κ1) is 12.2. The molecule has 0 bridgehead atoms. The minimum absolute atomic E-state index is 0.00674. The van der Waals surface area contributed by atoms with E-state index in [9.17, 15) is 4.79 Å². The lowest BCUT2D eigenvalue weighted by Gasteiger charge is -2.19. The molecule has 0 aliphatic heterocycles. The second kappa shape index (κ2) is 4.20. The van der Waals surface area contributed by atoms with Crippen molar-refractivity contribution < 1.29 is 4.79 Å². The molecule has 1 heterocycles. The van der Waals surface area contributed by atoms with Gasteiger partial charge in [-0.1, -0.05) is 24.3 Å². The number of ketones is 1. The van der Waals surface area contributed by atoms with Crippen LogP contribution in [0.4, 0.5) is 0 Å². The Morgan fingerprint density at radius 3 is 2.50 bits per heavy atom. The molecule has 0 fully saturated rings. The van der Waals surface area contributed by atoms with E-state index < -0.39 is 0 Å². The maximum Gasteiger partial charge on any atom is 0.195 e. The van der Waals surface area contributed by atoms with Crippen LogP contribution in [-0.4, -0.2) is 15.8 Å². The van der Waals surface area contributed by atoms with Crippen molar-refractivity contribution >= 4 is 48.5 Å². The molecule has 1 aromatic heterocycles. The van der Waals surface area contributed by atoms with Gasteiger partial charge in [-0.3, -0.25) is 4.79 Å². The van der Waals surface area contributed by atoms with Gasteiger partial charge in [0, 0.05) is 31.0 Å². The Hall–Kier alpha value is -1.59. The van der Waals surface area contributed by atoms with Crippen LogP contribution < -0.4 is 0 Å². The van der Waals surface area contributed by atoms with E-state index in [1.807, 2.05) is 30.3 Å². The van der Waals surface area contributed by atoms with Crippen LogP contribution in [0.2, 0.25) is 0 Å². The molecule has 0 spiro atoms. The van der Waals surface area contributed by atoms with E-state index in [0.29, 0.717) is 11.1 Å². The number of fused-ring (bicyclic) bond motifs is 2. The number of aromatic nitrogens is 2. The second-order valence-electron chi connectivity index (χ2n) is 4.54. The summed E-state index contributed by atoms with van der Waals surface area (Å²) < 4.78 is 1.60. The number of halogens is 2. The van der Waals surface area contributed by atoms with Gasteiger partial charge in [-0.2, -0.15) is 0 Å². The van der Waals surface area contributed by atoms with Gasteiger partial charge in [0.2, 0.25) is 0 Å². The average Bonchev–Trinajstić information content (AvgIpc) is 2.46. The Morgan fingerprint density at radius 1 is 0.950 bits per heavy atom. The smallest absolute Gasteiger partial charge is 0.195 e. The highest BCUT2D eigenvalue weighted by atomic mass is 79.9. The van der Waals surface area contributed by atoms with E-state index >= 15 is 0 Å². The Balaban J connectivity index is 2.31. The van der Waals surface area contributed by atoms with Gasteiger partial charge >= 0.3 is 0 Å². The molecular formula is C15H6Br2N2O. The molecule has 2 aromatic carbocycles. The van der Waals surface area contributed by atoms with Gasteiger partial charge in [0.1, 0.15) is 6.33 Å². The Labute approximate surface area is 131 Å². The predicted molar refractivity (Wildman–Crippen MR) is 83.8 cm³/mol. The van der Waals surface area contributed by atoms with Gasteiger partial charge in [0.05, 0.1) is 11.2 Å². The molecule has 0 unspecified atom stereocenters. The van der Waals surface area contributed by atoms with Gasteiger partial charge < -0.3 is 0 Å². The summed E-state index contributed by atoms with van der Waals surface area (Å²) in [4.78, 5) is 21.4. The first-order valence-corrected chi connectivity index (χ1v) is 7.54. The van der Waals surface area contributed by atoms with Crippen LogP contribution in [-0.2, 0) is 0 Å². The van der Waals surface area contributed by atoms with Crippen LogP contribution in [0.5, 0.6) is 0 Å². The minimum atomic E-state index is 0.00674. The topological polar surface area (TPSA) is 42.9 Å². The van der Waals surface area contributed by atoms with Crippen LogP contribution in [0.1, 0.15) is 15.9 Å². The highest BCUT2D eigenvalue weighted by Crippen LogP contribution is 2.42. The fourth-order valence-electron chi connectivity index (χ4n) is 2.62. The molecule has 4 rings (SSSR count). The van der Waals surface area contributed by atoms with Crippen molar-refractivity contribution in [1.82, 2.24) is 9.97 Å². The number of nitrogens with zero attached hydrogens (tertiary/aromatic N) is 2. The molecule has 0 radical (unpaired) electrons. The number of hydrogen-bond donors (Lipinski definition) is 0. The number of carbonyl (C=O) groups is 1. The minimum Gasteiger partial charge on any atom is -0.289 e. The van der Waals surface area contributed by atoms with Crippen molar-refractivity contribution in [2.75, 3.05) is 0 Å². The summed E-state index contributed by atoms with van der Waals surface area (Å²) in [7, 11) is 0. The lowest BCUT2D eigenvalue weighted by molar-refractivity contribution is 0.103. The molecule has 3 aromatic rings. The van der Waals surface area contributed by atoms with Crippen LogP contribution >= 0.6 is 31.9 Å². The van der Waals surface area contributed by atoms with Gasteiger partial charge in [-0.15, -0.1) is 0 Å². The third kappa shape index (κ3) is 1.47. The number of hydrogen-bond acceptors (Lipinski definition) is 3. The Morgan fingerprint density at radius 2 is 1.70 bits per heavy atom. The van der Waals surface area contributed by atoms with E-state index in [1.54, 1.807) is 0 Å².